The van der Waals surface area contributed by atoms with E-state index < -0.39 is 17.9 Å². The zero-order valence-electron chi connectivity index (χ0n) is 12.9. The van der Waals surface area contributed by atoms with E-state index in [0.29, 0.717) is 0 Å². The Morgan fingerprint density at radius 2 is 1.05 bits per heavy atom. The van der Waals surface area contributed by atoms with Crippen LogP contribution in [0.5, 0.6) is 0 Å². The molecule has 0 aliphatic carbocycles. The molecule has 0 radical (unpaired) electrons. The molecule has 0 bridgehead atoms. The van der Waals surface area contributed by atoms with Crippen molar-refractivity contribution in [1.82, 2.24) is 0 Å². The average Bonchev–Trinajstić information content (AvgIpc) is 2.56. The first-order valence-corrected chi connectivity index (χ1v) is 11.3. The van der Waals surface area contributed by atoms with Crippen molar-refractivity contribution in [3.63, 3.8) is 0 Å². The second kappa shape index (κ2) is 5.26. The number of fused-ring (bicyclic) bond motifs is 2. The summed E-state index contributed by atoms with van der Waals surface area (Å²) < 4.78 is 0. The highest BCUT2D eigenvalue weighted by Gasteiger charge is 2.34. The van der Waals surface area contributed by atoms with E-state index in [1.54, 1.807) is 20.4 Å². The van der Waals surface area contributed by atoms with Gasteiger partial charge in [-0.3, -0.25) is 0 Å². The fourth-order valence-corrected chi connectivity index (χ4v) is 9.77. The molecule has 110 valence electrons. The molecule has 2 heteroatoms. The molecule has 0 amide bonds. The van der Waals surface area contributed by atoms with E-state index in [1.165, 1.54) is 5.30 Å². The van der Waals surface area contributed by atoms with Gasteiger partial charge >= 0.3 is 0 Å². The van der Waals surface area contributed by atoms with E-state index in [2.05, 4.69) is 91.4 Å². The van der Waals surface area contributed by atoms with E-state index in [9.17, 15) is 0 Å². The summed E-state index contributed by atoms with van der Waals surface area (Å²) in [5, 5.41) is 4.54. The lowest BCUT2D eigenvalue weighted by Crippen LogP contribution is -2.31. The fraction of sp³-hybridized carbons (Fsp3) is 0.100. The van der Waals surface area contributed by atoms with Crippen molar-refractivity contribution in [1.29, 1.82) is 0 Å². The maximum atomic E-state index is 2.43. The van der Waals surface area contributed by atoms with Crippen LogP contribution in [0.3, 0.4) is 0 Å². The first-order chi connectivity index (χ1) is 10.7. The van der Waals surface area contributed by atoms with Gasteiger partial charge in [0.05, 0.1) is 0 Å². The minimum atomic E-state index is -0.926. The van der Waals surface area contributed by atoms with Crippen LogP contribution in [0.25, 0.3) is 0 Å². The highest BCUT2D eigenvalue weighted by atomic mass is 32.3. The predicted octanol–water partition coefficient (Wildman–Crippen LogP) is 4.24. The smallest absolute Gasteiger partial charge is 0.00200 e. The minimum absolute atomic E-state index is 0.436. The molecular formula is C20H19PS. The first-order valence-electron chi connectivity index (χ1n) is 7.46. The number of benzene rings is 3. The molecule has 0 unspecified atom stereocenters. The van der Waals surface area contributed by atoms with E-state index in [0.717, 1.165) is 0 Å². The van der Waals surface area contributed by atoms with E-state index in [4.69, 9.17) is 0 Å². The molecule has 3 aromatic carbocycles. The highest BCUT2D eigenvalue weighted by molar-refractivity contribution is 8.33. The number of rotatable bonds is 1. The summed E-state index contributed by atoms with van der Waals surface area (Å²) in [6.45, 7) is 0. The van der Waals surface area contributed by atoms with Gasteiger partial charge in [-0.05, 0) is 48.5 Å². The van der Waals surface area contributed by atoms with Gasteiger partial charge < -0.3 is 0 Å². The molecular weight excluding hydrogens is 303 g/mol. The molecule has 4 rings (SSSR count). The van der Waals surface area contributed by atoms with Gasteiger partial charge in [-0.1, -0.05) is 66.7 Å². The lowest BCUT2D eigenvalue weighted by molar-refractivity contribution is 1.40. The van der Waals surface area contributed by atoms with Crippen LogP contribution in [0.4, 0.5) is 0 Å². The van der Waals surface area contributed by atoms with Crippen LogP contribution in [-0.2, 0) is 0 Å². The summed E-state index contributed by atoms with van der Waals surface area (Å²) >= 11 is 0. The van der Waals surface area contributed by atoms with Crippen molar-refractivity contribution >= 4 is 33.9 Å². The van der Waals surface area contributed by atoms with Gasteiger partial charge in [0.15, 0.2) is 0 Å². The molecule has 0 N–H and O–H groups in total. The molecule has 22 heavy (non-hydrogen) atoms. The summed E-state index contributed by atoms with van der Waals surface area (Å²) in [4.78, 5) is 3.12. The Kier molecular flexibility index (Phi) is 3.36. The maximum Gasteiger partial charge on any atom is 0.00200 e. The fourth-order valence-electron chi connectivity index (χ4n) is 3.25. The molecule has 0 atom stereocenters. The molecule has 1 aliphatic heterocycles. The van der Waals surface area contributed by atoms with Crippen LogP contribution in [0.1, 0.15) is 0 Å². The van der Waals surface area contributed by atoms with Crippen molar-refractivity contribution in [2.75, 3.05) is 12.5 Å². The minimum Gasteiger partial charge on any atom is -0.192 e. The van der Waals surface area contributed by atoms with Crippen LogP contribution in [0.15, 0.2) is 88.7 Å². The second-order valence-corrected chi connectivity index (χ2v) is 11.6. The highest BCUT2D eigenvalue weighted by Crippen LogP contribution is 2.62. The lowest BCUT2D eigenvalue weighted by atomic mass is 10.3. The third kappa shape index (κ3) is 2.04. The molecule has 0 saturated heterocycles. The number of hydrogen-bond acceptors (Lipinski definition) is 0. The Labute approximate surface area is 135 Å². The summed E-state index contributed by atoms with van der Waals surface area (Å²) in [6, 6.07) is 29.2. The molecule has 0 aromatic heterocycles. The Morgan fingerprint density at radius 1 is 0.591 bits per heavy atom. The molecule has 1 aliphatic rings. The SMILES string of the molecule is CS1(C)c2ccccc2P(c2ccccc2)c2ccccc21. The molecule has 0 saturated carbocycles. The topological polar surface area (TPSA) is 0 Å². The van der Waals surface area contributed by atoms with Gasteiger partial charge in [0.2, 0.25) is 0 Å². The van der Waals surface area contributed by atoms with Crippen molar-refractivity contribution in [3.8, 4) is 0 Å². The van der Waals surface area contributed by atoms with Gasteiger partial charge in [-0.2, -0.15) is 10.0 Å². The Balaban J connectivity index is 2.05. The molecule has 0 spiro atoms. The van der Waals surface area contributed by atoms with E-state index in [1.807, 2.05) is 0 Å². The Morgan fingerprint density at radius 3 is 1.59 bits per heavy atom. The largest absolute Gasteiger partial charge is 0.192 e. The van der Waals surface area contributed by atoms with Crippen LogP contribution in [0, 0.1) is 0 Å². The van der Waals surface area contributed by atoms with Crippen molar-refractivity contribution in [2.24, 2.45) is 0 Å². The van der Waals surface area contributed by atoms with Crippen LogP contribution < -0.4 is 15.9 Å². The van der Waals surface area contributed by atoms with Gasteiger partial charge in [0.25, 0.3) is 0 Å². The lowest BCUT2D eigenvalue weighted by Gasteiger charge is -2.43. The molecule has 0 fully saturated rings. The van der Waals surface area contributed by atoms with E-state index >= 15 is 0 Å². The van der Waals surface area contributed by atoms with Crippen LogP contribution in [-0.4, -0.2) is 12.5 Å². The van der Waals surface area contributed by atoms with Crippen molar-refractivity contribution < 1.29 is 0 Å². The second-order valence-electron chi connectivity index (χ2n) is 5.93. The third-order valence-corrected chi connectivity index (χ3v) is 10.1. The van der Waals surface area contributed by atoms with Gasteiger partial charge in [0.1, 0.15) is 0 Å². The normalized spacial score (nSPS) is 17.4. The molecule has 3 aromatic rings. The summed E-state index contributed by atoms with van der Waals surface area (Å²) in [7, 11) is -1.36. The molecule has 1 heterocycles. The standard InChI is InChI=1S/C20H19PS/c1-22(2)19-14-8-6-12-17(19)21(16-10-4-3-5-11-16)18-13-7-9-15-20(18)22/h3-15H,1-2H3. The average molecular weight is 322 g/mol. The van der Waals surface area contributed by atoms with Gasteiger partial charge in [0, 0.05) is 9.79 Å². The number of hydrogen-bond donors (Lipinski definition) is 0. The van der Waals surface area contributed by atoms with Crippen LogP contribution >= 0.6 is 17.9 Å². The summed E-state index contributed by atoms with van der Waals surface area (Å²) in [5.74, 6) is 0. The summed E-state index contributed by atoms with van der Waals surface area (Å²) in [6.07, 6.45) is 4.87. The van der Waals surface area contributed by atoms with E-state index in [-0.39, 0.29) is 0 Å². The molecule has 0 nitrogen and oxygen atoms in total. The van der Waals surface area contributed by atoms with Gasteiger partial charge in [-0.25, -0.2) is 0 Å². The zero-order valence-corrected chi connectivity index (χ0v) is 14.6. The Hall–Kier alpha value is -1.56. The third-order valence-electron chi connectivity index (χ3n) is 4.33. The predicted molar refractivity (Wildman–Crippen MR) is 101 cm³/mol. The van der Waals surface area contributed by atoms with Gasteiger partial charge in [-0.15, -0.1) is 0 Å². The zero-order chi connectivity index (χ0) is 15.2. The first kappa shape index (κ1) is 14.1. The monoisotopic (exact) mass is 322 g/mol. The van der Waals surface area contributed by atoms with Crippen molar-refractivity contribution in [3.05, 3.63) is 78.9 Å². The summed E-state index contributed by atoms with van der Waals surface area (Å²) in [5.41, 5.74) is 0. The van der Waals surface area contributed by atoms with Crippen LogP contribution in [0.2, 0.25) is 0 Å². The van der Waals surface area contributed by atoms with Crippen molar-refractivity contribution in [2.45, 2.75) is 9.79 Å². The quantitative estimate of drug-likeness (QED) is 0.588. The Bertz CT molecular complexity index is 774. The maximum absolute atomic E-state index is 2.43.